The lowest BCUT2D eigenvalue weighted by Crippen LogP contribution is -2.25. The van der Waals surface area contributed by atoms with Crippen LogP contribution in [-0.2, 0) is 6.42 Å². The summed E-state index contributed by atoms with van der Waals surface area (Å²) in [7, 11) is 3.34. The van der Waals surface area contributed by atoms with Crippen LogP contribution >= 0.6 is 0 Å². The zero-order valence-electron chi connectivity index (χ0n) is 22.5. The fraction of sp³-hybridized carbons (Fsp3) is 0.375. The maximum atomic E-state index is 5.99. The molecule has 5 nitrogen and oxygen atoms in total. The van der Waals surface area contributed by atoms with E-state index in [4.69, 9.17) is 14.2 Å². The molecule has 0 radical (unpaired) electrons. The van der Waals surface area contributed by atoms with Crippen molar-refractivity contribution in [3.05, 3.63) is 77.4 Å². The van der Waals surface area contributed by atoms with Gasteiger partial charge < -0.3 is 19.2 Å². The van der Waals surface area contributed by atoms with Gasteiger partial charge in [-0.3, -0.25) is 4.90 Å². The molecule has 0 aliphatic carbocycles. The van der Waals surface area contributed by atoms with Crippen molar-refractivity contribution < 1.29 is 14.2 Å². The summed E-state index contributed by atoms with van der Waals surface area (Å²) < 4.78 is 17.0. The molecule has 1 aliphatic heterocycles. The lowest BCUT2D eigenvalue weighted by Gasteiger charge is -2.15. The van der Waals surface area contributed by atoms with Crippen LogP contribution in [-0.4, -0.2) is 50.3 Å². The summed E-state index contributed by atoms with van der Waals surface area (Å²) in [5.41, 5.74) is 7.30. The minimum Gasteiger partial charge on any atom is -0.493 e. The number of methoxy groups -OCH3 is 2. The van der Waals surface area contributed by atoms with Crippen molar-refractivity contribution >= 4 is 10.9 Å². The van der Waals surface area contributed by atoms with Crippen LogP contribution in [0.1, 0.15) is 49.3 Å². The molecule has 3 aromatic carbocycles. The van der Waals surface area contributed by atoms with Crippen molar-refractivity contribution in [1.29, 1.82) is 0 Å². The summed E-state index contributed by atoms with van der Waals surface area (Å²) in [6.45, 7) is 8.69. The van der Waals surface area contributed by atoms with E-state index in [1.54, 1.807) is 14.2 Å². The number of aromatic nitrogens is 1. The minimum atomic E-state index is 0.365. The summed E-state index contributed by atoms with van der Waals surface area (Å²) in [5, 5.41) is 1.28. The normalized spacial score (nSPS) is 14.0. The Morgan fingerprint density at radius 3 is 2.27 bits per heavy atom. The summed E-state index contributed by atoms with van der Waals surface area (Å²) in [5.74, 6) is 2.78. The third-order valence-corrected chi connectivity index (χ3v) is 7.36. The monoisotopic (exact) mass is 498 g/mol. The molecule has 5 heteroatoms. The van der Waals surface area contributed by atoms with E-state index in [0.717, 1.165) is 53.6 Å². The van der Waals surface area contributed by atoms with Crippen LogP contribution in [0.3, 0.4) is 0 Å². The Morgan fingerprint density at radius 1 is 0.838 bits per heavy atom. The predicted molar refractivity (Wildman–Crippen MR) is 151 cm³/mol. The first kappa shape index (κ1) is 25.2. The number of nitrogens with zero attached hydrogens (tertiary/aromatic N) is 1. The minimum absolute atomic E-state index is 0.365. The van der Waals surface area contributed by atoms with E-state index in [1.807, 2.05) is 12.1 Å². The average molecular weight is 499 g/mol. The fourth-order valence-corrected chi connectivity index (χ4v) is 5.43. The van der Waals surface area contributed by atoms with Crippen LogP contribution < -0.4 is 14.2 Å². The quantitative estimate of drug-likeness (QED) is 0.255. The van der Waals surface area contributed by atoms with E-state index in [2.05, 4.69) is 72.3 Å². The second kappa shape index (κ2) is 11.3. The topological polar surface area (TPSA) is 46.7 Å². The molecule has 37 heavy (non-hydrogen) atoms. The van der Waals surface area contributed by atoms with E-state index >= 15 is 0 Å². The van der Waals surface area contributed by atoms with Gasteiger partial charge in [0.05, 0.1) is 19.9 Å². The summed E-state index contributed by atoms with van der Waals surface area (Å²) in [6.07, 6.45) is 3.53. The maximum Gasteiger partial charge on any atom is 0.161 e. The van der Waals surface area contributed by atoms with Crippen LogP contribution in [0.25, 0.3) is 22.2 Å². The number of fused-ring (bicyclic) bond motifs is 1. The van der Waals surface area contributed by atoms with Crippen LogP contribution in [0.5, 0.6) is 17.2 Å². The number of rotatable bonds is 10. The van der Waals surface area contributed by atoms with Gasteiger partial charge in [-0.15, -0.1) is 0 Å². The highest BCUT2D eigenvalue weighted by Gasteiger charge is 2.18. The molecule has 0 amide bonds. The zero-order chi connectivity index (χ0) is 25.8. The van der Waals surface area contributed by atoms with Crippen molar-refractivity contribution in [2.24, 2.45) is 0 Å². The molecule has 194 valence electrons. The molecule has 0 saturated carbocycles. The molecular weight excluding hydrogens is 460 g/mol. The lowest BCUT2D eigenvalue weighted by molar-refractivity contribution is 0.238. The lowest BCUT2D eigenvalue weighted by atomic mass is 9.94. The van der Waals surface area contributed by atoms with E-state index < -0.39 is 0 Å². The Labute approximate surface area is 220 Å². The number of aromatic amines is 1. The van der Waals surface area contributed by atoms with Crippen molar-refractivity contribution in [2.45, 2.75) is 39.0 Å². The first-order chi connectivity index (χ1) is 18.1. The van der Waals surface area contributed by atoms with Crippen LogP contribution in [0.15, 0.2) is 60.7 Å². The van der Waals surface area contributed by atoms with E-state index in [0.29, 0.717) is 5.92 Å². The summed E-state index contributed by atoms with van der Waals surface area (Å²) in [4.78, 5) is 6.15. The SMILES string of the molecule is COc1ccc(-c2[nH]c3ccc(Cc4ccc(OCCN5CCCC5)cc4)cc3c2C(C)C)cc1OC. The van der Waals surface area contributed by atoms with Gasteiger partial charge in [0.25, 0.3) is 0 Å². The molecule has 5 rings (SSSR count). The van der Waals surface area contributed by atoms with Crippen molar-refractivity contribution in [2.75, 3.05) is 40.5 Å². The zero-order valence-corrected chi connectivity index (χ0v) is 22.5. The first-order valence-corrected chi connectivity index (χ1v) is 13.4. The molecule has 1 N–H and O–H groups in total. The van der Waals surface area contributed by atoms with Gasteiger partial charge in [-0.05, 0) is 97.4 Å². The molecule has 1 fully saturated rings. The van der Waals surface area contributed by atoms with Crippen molar-refractivity contribution in [1.82, 2.24) is 9.88 Å². The van der Waals surface area contributed by atoms with Crippen LogP contribution in [0, 0.1) is 0 Å². The predicted octanol–water partition coefficient (Wildman–Crippen LogP) is 7.04. The highest BCUT2D eigenvalue weighted by Crippen LogP contribution is 2.39. The van der Waals surface area contributed by atoms with Gasteiger partial charge in [-0.1, -0.05) is 32.0 Å². The van der Waals surface area contributed by atoms with E-state index in [1.165, 1.54) is 48.0 Å². The molecule has 0 atom stereocenters. The Bertz CT molecular complexity index is 1330. The third kappa shape index (κ3) is 5.62. The molecule has 1 aliphatic rings. The molecular formula is C32H38N2O3. The largest absolute Gasteiger partial charge is 0.493 e. The molecule has 1 saturated heterocycles. The Hall–Kier alpha value is -3.44. The van der Waals surface area contributed by atoms with Gasteiger partial charge >= 0.3 is 0 Å². The maximum absolute atomic E-state index is 5.99. The molecule has 2 heterocycles. The number of nitrogens with one attached hydrogen (secondary N) is 1. The van der Waals surface area contributed by atoms with E-state index in [-0.39, 0.29) is 0 Å². The third-order valence-electron chi connectivity index (χ3n) is 7.36. The standard InChI is InChI=1S/C32H38N2O3/c1-22(2)31-27-20-24(19-23-7-11-26(12-8-23)37-18-17-34-15-5-6-16-34)9-13-28(27)33-32(31)25-10-14-29(35-3)30(21-25)36-4/h7-14,20-22,33H,5-6,15-19H2,1-4H3. The smallest absolute Gasteiger partial charge is 0.161 e. The number of H-pyrrole nitrogens is 1. The van der Waals surface area contributed by atoms with Crippen LogP contribution in [0.2, 0.25) is 0 Å². The highest BCUT2D eigenvalue weighted by atomic mass is 16.5. The summed E-state index contributed by atoms with van der Waals surface area (Å²) in [6, 6.07) is 21.4. The number of ether oxygens (including phenoxy) is 3. The average Bonchev–Trinajstić information content (AvgIpc) is 3.57. The van der Waals surface area contributed by atoms with Crippen molar-refractivity contribution in [3.63, 3.8) is 0 Å². The molecule has 4 aromatic rings. The van der Waals surface area contributed by atoms with Crippen molar-refractivity contribution in [3.8, 4) is 28.5 Å². The number of hydrogen-bond acceptors (Lipinski definition) is 4. The number of hydrogen-bond donors (Lipinski definition) is 1. The van der Waals surface area contributed by atoms with Gasteiger partial charge in [-0.2, -0.15) is 0 Å². The van der Waals surface area contributed by atoms with Gasteiger partial charge in [0, 0.05) is 23.0 Å². The Morgan fingerprint density at radius 2 is 1.57 bits per heavy atom. The molecule has 0 spiro atoms. The first-order valence-electron chi connectivity index (χ1n) is 13.4. The Kier molecular flexibility index (Phi) is 7.71. The Balaban J connectivity index is 1.34. The number of benzene rings is 3. The molecule has 1 aromatic heterocycles. The number of likely N-dealkylation sites (tertiary alicyclic amines) is 1. The summed E-state index contributed by atoms with van der Waals surface area (Å²) >= 11 is 0. The van der Waals surface area contributed by atoms with E-state index in [9.17, 15) is 0 Å². The van der Waals surface area contributed by atoms with Gasteiger partial charge in [0.1, 0.15) is 12.4 Å². The van der Waals surface area contributed by atoms with Gasteiger partial charge in [0.15, 0.2) is 11.5 Å². The molecule has 0 bridgehead atoms. The second-order valence-electron chi connectivity index (χ2n) is 10.2. The van der Waals surface area contributed by atoms with Gasteiger partial charge in [-0.25, -0.2) is 0 Å². The van der Waals surface area contributed by atoms with Gasteiger partial charge in [0.2, 0.25) is 0 Å². The fourth-order valence-electron chi connectivity index (χ4n) is 5.43. The van der Waals surface area contributed by atoms with Crippen LogP contribution in [0.4, 0.5) is 0 Å². The second-order valence-corrected chi connectivity index (χ2v) is 10.2. The molecule has 0 unspecified atom stereocenters. The highest BCUT2D eigenvalue weighted by molar-refractivity contribution is 5.92.